The topological polar surface area (TPSA) is 69.4 Å². The Labute approximate surface area is 142 Å². The number of carbonyl (C=O) groups is 1. The van der Waals surface area contributed by atoms with Crippen LogP contribution in [-0.2, 0) is 9.53 Å². The molecule has 0 fully saturated rings. The highest BCUT2D eigenvalue weighted by molar-refractivity contribution is 6.88. The molecule has 0 saturated carbocycles. The van der Waals surface area contributed by atoms with Crippen LogP contribution >= 0.6 is 0 Å². The Hall–Kier alpha value is -2.47. The first-order valence-corrected chi connectivity index (χ1v) is 11.2. The second-order valence-electron chi connectivity index (χ2n) is 6.71. The first kappa shape index (κ1) is 17.9. The SMILES string of the molecule is CC(=O)O[C@H](c1ccc([N+](=O)[O-])cc1)c1ccc([Si](C)(C)C)cc1. The summed E-state index contributed by atoms with van der Waals surface area (Å²) < 4.78 is 5.45. The van der Waals surface area contributed by atoms with Crippen molar-refractivity contribution in [2.75, 3.05) is 0 Å². The second kappa shape index (κ2) is 6.96. The minimum Gasteiger partial charge on any atom is -0.453 e. The molecule has 1 atom stereocenters. The summed E-state index contributed by atoms with van der Waals surface area (Å²) in [6.07, 6.45) is -0.570. The number of rotatable bonds is 5. The molecule has 6 heteroatoms. The Bertz CT molecular complexity index is 733. The highest BCUT2D eigenvalue weighted by Crippen LogP contribution is 2.27. The predicted molar refractivity (Wildman–Crippen MR) is 96.1 cm³/mol. The number of carbonyl (C=O) groups excluding carboxylic acids is 1. The first-order chi connectivity index (χ1) is 11.2. The number of ether oxygens (including phenoxy) is 1. The van der Waals surface area contributed by atoms with Gasteiger partial charge in [-0.3, -0.25) is 14.9 Å². The summed E-state index contributed by atoms with van der Waals surface area (Å²) >= 11 is 0. The highest BCUT2D eigenvalue weighted by Gasteiger charge is 2.21. The van der Waals surface area contributed by atoms with Crippen molar-refractivity contribution < 1.29 is 14.5 Å². The van der Waals surface area contributed by atoms with Crippen molar-refractivity contribution in [3.63, 3.8) is 0 Å². The number of hydrogen-bond donors (Lipinski definition) is 0. The number of nitro groups is 1. The summed E-state index contributed by atoms with van der Waals surface area (Å²) in [5.74, 6) is -0.396. The lowest BCUT2D eigenvalue weighted by Crippen LogP contribution is -2.37. The van der Waals surface area contributed by atoms with Gasteiger partial charge in [0, 0.05) is 19.1 Å². The van der Waals surface area contributed by atoms with E-state index >= 15 is 0 Å². The molecule has 126 valence electrons. The van der Waals surface area contributed by atoms with E-state index in [2.05, 4.69) is 31.8 Å². The largest absolute Gasteiger partial charge is 0.453 e. The highest BCUT2D eigenvalue weighted by atomic mass is 28.3. The third kappa shape index (κ3) is 4.29. The van der Waals surface area contributed by atoms with Crippen LogP contribution in [0.4, 0.5) is 5.69 Å². The lowest BCUT2D eigenvalue weighted by atomic mass is 10.0. The molecule has 0 N–H and O–H groups in total. The lowest BCUT2D eigenvalue weighted by Gasteiger charge is -2.21. The van der Waals surface area contributed by atoms with E-state index in [0.717, 1.165) is 5.56 Å². The zero-order valence-electron chi connectivity index (χ0n) is 14.3. The summed E-state index contributed by atoms with van der Waals surface area (Å²) in [5, 5.41) is 12.1. The number of nitro benzene ring substituents is 1. The Morgan fingerprint density at radius 1 is 1.00 bits per heavy atom. The molecule has 0 aliphatic heterocycles. The van der Waals surface area contributed by atoms with Gasteiger partial charge in [0.1, 0.15) is 0 Å². The molecule has 0 saturated heterocycles. The third-order valence-corrected chi connectivity index (χ3v) is 5.84. The molecule has 2 rings (SSSR count). The summed E-state index contributed by atoms with van der Waals surface area (Å²) in [6.45, 7) is 8.15. The van der Waals surface area contributed by atoms with E-state index < -0.39 is 25.1 Å². The summed E-state index contributed by atoms with van der Waals surface area (Å²) in [6, 6.07) is 14.2. The van der Waals surface area contributed by atoms with E-state index in [1.807, 2.05) is 12.1 Å². The van der Waals surface area contributed by atoms with E-state index in [9.17, 15) is 14.9 Å². The first-order valence-electron chi connectivity index (χ1n) is 7.70. The summed E-state index contributed by atoms with van der Waals surface area (Å²) in [7, 11) is -1.41. The van der Waals surface area contributed by atoms with Gasteiger partial charge in [-0.15, -0.1) is 0 Å². The van der Waals surface area contributed by atoms with E-state index in [0.29, 0.717) is 5.56 Å². The zero-order chi connectivity index (χ0) is 17.9. The molecular weight excluding hydrogens is 322 g/mol. The van der Waals surface area contributed by atoms with Gasteiger partial charge in [-0.25, -0.2) is 0 Å². The Morgan fingerprint density at radius 3 is 1.83 bits per heavy atom. The van der Waals surface area contributed by atoms with Gasteiger partial charge in [0.2, 0.25) is 0 Å². The fraction of sp³-hybridized carbons (Fsp3) is 0.278. The van der Waals surface area contributed by atoms with Crippen LogP contribution in [0.25, 0.3) is 0 Å². The molecule has 0 bridgehead atoms. The summed E-state index contributed by atoms with van der Waals surface area (Å²) in [4.78, 5) is 21.8. The van der Waals surface area contributed by atoms with Crippen molar-refractivity contribution in [3.05, 3.63) is 69.8 Å². The molecule has 2 aromatic rings. The van der Waals surface area contributed by atoms with Gasteiger partial charge >= 0.3 is 5.97 Å². The molecule has 0 radical (unpaired) electrons. The smallest absolute Gasteiger partial charge is 0.303 e. The Morgan fingerprint density at radius 2 is 1.46 bits per heavy atom. The van der Waals surface area contributed by atoms with Crippen molar-refractivity contribution >= 4 is 24.9 Å². The number of benzene rings is 2. The minimum atomic E-state index is -1.41. The van der Waals surface area contributed by atoms with Crippen LogP contribution in [-0.4, -0.2) is 19.0 Å². The summed E-state index contributed by atoms with van der Waals surface area (Å²) in [5.41, 5.74) is 1.56. The van der Waals surface area contributed by atoms with E-state index in [4.69, 9.17) is 4.74 Å². The van der Waals surface area contributed by atoms with E-state index in [-0.39, 0.29) is 5.69 Å². The fourth-order valence-corrected chi connectivity index (χ4v) is 3.59. The van der Waals surface area contributed by atoms with Gasteiger partial charge < -0.3 is 4.74 Å². The van der Waals surface area contributed by atoms with Gasteiger partial charge in [0.05, 0.1) is 13.0 Å². The molecular formula is C18H21NO4Si. The maximum atomic E-state index is 11.5. The molecule has 2 aromatic carbocycles. The van der Waals surface area contributed by atoms with Crippen LogP contribution in [0, 0.1) is 10.1 Å². The number of nitrogens with zero attached hydrogens (tertiary/aromatic N) is 1. The van der Waals surface area contributed by atoms with Gasteiger partial charge in [-0.1, -0.05) is 49.1 Å². The fourth-order valence-electron chi connectivity index (χ4n) is 2.42. The van der Waals surface area contributed by atoms with Gasteiger partial charge in [-0.2, -0.15) is 0 Å². The third-order valence-electron chi connectivity index (χ3n) is 3.77. The van der Waals surface area contributed by atoms with E-state index in [1.54, 1.807) is 12.1 Å². The molecule has 0 aliphatic carbocycles. The standard InChI is InChI=1S/C18H21NO4Si/c1-13(20)23-18(14-5-9-16(10-6-14)19(21)22)15-7-11-17(12-8-15)24(2,3)4/h5-12,18H,1-4H3/t18-/m1/s1. The molecule has 5 nitrogen and oxygen atoms in total. The molecule has 24 heavy (non-hydrogen) atoms. The van der Waals surface area contributed by atoms with Crippen LogP contribution in [0.5, 0.6) is 0 Å². The zero-order valence-corrected chi connectivity index (χ0v) is 15.3. The molecule has 0 unspecified atom stereocenters. The van der Waals surface area contributed by atoms with Crippen molar-refractivity contribution in [2.24, 2.45) is 0 Å². The Balaban J connectivity index is 2.38. The van der Waals surface area contributed by atoms with Crippen molar-refractivity contribution in [1.29, 1.82) is 0 Å². The van der Waals surface area contributed by atoms with Crippen LogP contribution in [0.15, 0.2) is 48.5 Å². The second-order valence-corrected chi connectivity index (χ2v) is 11.8. The van der Waals surface area contributed by atoms with Gasteiger partial charge in [0.25, 0.3) is 5.69 Å². The Kier molecular flexibility index (Phi) is 5.19. The number of esters is 1. The van der Waals surface area contributed by atoms with E-state index in [1.165, 1.54) is 24.2 Å². The van der Waals surface area contributed by atoms with Gasteiger partial charge in [0.15, 0.2) is 6.10 Å². The van der Waals surface area contributed by atoms with Crippen molar-refractivity contribution in [3.8, 4) is 0 Å². The molecule has 0 heterocycles. The van der Waals surface area contributed by atoms with Crippen LogP contribution in [0.1, 0.15) is 24.2 Å². The monoisotopic (exact) mass is 343 g/mol. The molecule has 0 spiro atoms. The number of non-ortho nitro benzene ring substituents is 1. The van der Waals surface area contributed by atoms with Crippen LogP contribution in [0.3, 0.4) is 0 Å². The maximum Gasteiger partial charge on any atom is 0.303 e. The van der Waals surface area contributed by atoms with Crippen LogP contribution in [0.2, 0.25) is 19.6 Å². The molecule has 0 aromatic heterocycles. The number of hydrogen-bond acceptors (Lipinski definition) is 4. The lowest BCUT2D eigenvalue weighted by molar-refractivity contribution is -0.384. The maximum absolute atomic E-state index is 11.5. The molecule has 0 aliphatic rings. The average molecular weight is 343 g/mol. The minimum absolute atomic E-state index is 0.00871. The van der Waals surface area contributed by atoms with Gasteiger partial charge in [-0.05, 0) is 23.3 Å². The normalized spacial score (nSPS) is 12.5. The van der Waals surface area contributed by atoms with Crippen molar-refractivity contribution in [1.82, 2.24) is 0 Å². The average Bonchev–Trinajstić information content (AvgIpc) is 2.52. The molecule has 0 amide bonds. The quantitative estimate of drug-likeness (QED) is 0.358. The predicted octanol–water partition coefficient (Wildman–Crippen LogP) is 3.79. The van der Waals surface area contributed by atoms with Crippen molar-refractivity contribution in [2.45, 2.75) is 32.7 Å². The van der Waals surface area contributed by atoms with Crippen LogP contribution < -0.4 is 5.19 Å².